The van der Waals surface area contributed by atoms with Crippen LogP contribution in [0.25, 0.3) is 11.1 Å². The molecular weight excluding hydrogens is 557 g/mol. The first-order chi connectivity index (χ1) is 13.3. The summed E-state index contributed by atoms with van der Waals surface area (Å²) < 4.78 is 42.7. The molecule has 0 atom stereocenters. The number of nitrogens with zero attached hydrogens (tertiary/aromatic N) is 2. The Bertz CT molecular complexity index is 1110. The average Bonchev–Trinajstić information content (AvgIpc) is 2.66. The van der Waals surface area contributed by atoms with Crippen molar-refractivity contribution in [2.45, 2.75) is 0 Å². The Morgan fingerprint density at radius 1 is 0.857 bits per heavy atom. The summed E-state index contributed by atoms with van der Waals surface area (Å²) in [7, 11) is 0. The first-order valence-corrected chi connectivity index (χ1v) is 9.85. The first-order valence-electron chi connectivity index (χ1n) is 7.46. The Hall–Kier alpha value is -3.10. The van der Waals surface area contributed by atoms with Crippen LogP contribution >= 0.6 is 0 Å². The Balaban J connectivity index is 2.27. The van der Waals surface area contributed by atoms with E-state index < -0.39 is 58.3 Å². The molecule has 3 rings (SSSR count). The van der Waals surface area contributed by atoms with E-state index in [1.54, 1.807) is 0 Å². The zero-order valence-electron chi connectivity index (χ0n) is 13.6. The summed E-state index contributed by atoms with van der Waals surface area (Å²) in [6, 6.07) is 6.22. The van der Waals surface area contributed by atoms with Crippen LogP contribution in [0, 0.1) is 17.5 Å². The molecule has 0 unspecified atom stereocenters. The number of pyridine rings is 2. The van der Waals surface area contributed by atoms with Crippen molar-refractivity contribution in [3.63, 3.8) is 0 Å². The number of carboxylic acid groups (broad SMARTS) is 2. The Kier molecular flexibility index (Phi) is 5.53. The van der Waals surface area contributed by atoms with Crippen LogP contribution < -0.4 is 8.15 Å². The Morgan fingerprint density at radius 2 is 1.46 bits per heavy atom. The van der Waals surface area contributed by atoms with Crippen molar-refractivity contribution in [1.29, 1.82) is 0 Å². The van der Waals surface area contributed by atoms with E-state index in [9.17, 15) is 33.0 Å². The average molecular weight is 566 g/mol. The molecule has 0 aliphatic rings. The molecule has 0 fully saturated rings. The fraction of sp³-hybridized carbons (Fsp3) is 0. The van der Waals surface area contributed by atoms with Crippen LogP contribution in [0.2, 0.25) is 0 Å². The molecule has 0 aliphatic carbocycles. The molecule has 0 aliphatic heterocycles. The van der Waals surface area contributed by atoms with Crippen molar-refractivity contribution < 1.29 is 50.7 Å². The van der Waals surface area contributed by atoms with Crippen molar-refractivity contribution in [2.75, 3.05) is 0 Å². The quantitative estimate of drug-likeness (QED) is 0.459. The van der Waals surface area contributed by atoms with E-state index in [1.807, 2.05) is 0 Å². The third-order valence-corrected chi connectivity index (χ3v) is 6.70. The topological polar surface area (TPSA) is 100 Å². The summed E-state index contributed by atoms with van der Waals surface area (Å²) in [5.74, 6) is -7.57. The summed E-state index contributed by atoms with van der Waals surface area (Å²) in [4.78, 5) is 30.2. The van der Waals surface area contributed by atoms with Gasteiger partial charge >= 0.3 is 163 Å². The number of carbonyl (C=O) groups is 2. The summed E-state index contributed by atoms with van der Waals surface area (Å²) in [6.07, 6.45) is 2.43. The van der Waals surface area contributed by atoms with E-state index >= 15 is 0 Å². The van der Waals surface area contributed by atoms with Gasteiger partial charge in [-0.1, -0.05) is 0 Å². The maximum atomic E-state index is 14.7. The second kappa shape index (κ2) is 7.87. The Labute approximate surface area is 163 Å². The van der Waals surface area contributed by atoms with Gasteiger partial charge in [0.05, 0.1) is 0 Å². The standard InChI is InChI=1S/C12H5F3NO2.C6H4NO2.Ir/c13-8-4-3-6(9(14)10(8)15)7-2-1-5-16-11(7)12(17)18;8-6(9)5-3-1-2-4-7-5;/h1-2,4-5H,(H,17,18);1-2,4H,(H,8,9);/q;;+1. The number of hydrogen-bond acceptors (Lipinski definition) is 4. The van der Waals surface area contributed by atoms with Crippen LogP contribution in [0.1, 0.15) is 21.0 Å². The van der Waals surface area contributed by atoms with Gasteiger partial charge in [0.15, 0.2) is 0 Å². The van der Waals surface area contributed by atoms with Crippen LogP contribution in [0.5, 0.6) is 0 Å². The van der Waals surface area contributed by atoms with E-state index in [0.717, 1.165) is 6.07 Å². The van der Waals surface area contributed by atoms with E-state index in [1.165, 1.54) is 36.7 Å². The number of aromatic carboxylic acids is 2. The minimum absolute atomic E-state index is 0.0256. The van der Waals surface area contributed by atoms with E-state index in [-0.39, 0.29) is 19.4 Å². The van der Waals surface area contributed by atoms with Crippen molar-refractivity contribution >= 4 is 20.1 Å². The fourth-order valence-electron chi connectivity index (χ4n) is 2.33. The second-order valence-corrected chi connectivity index (χ2v) is 8.40. The van der Waals surface area contributed by atoms with E-state index in [4.69, 9.17) is 0 Å². The Morgan fingerprint density at radius 3 is 2.11 bits per heavy atom. The molecule has 1 aromatic carbocycles. The number of benzene rings is 1. The molecular formula is C18H9F3IrN2O4+. The molecule has 0 amide bonds. The SMILES string of the molecule is O=C(O)c1nccc[c]1[Ir+][c]1cc(F)c(F)c(F)c1-c1cccnc1C(=O)O. The molecule has 3 aromatic rings. The van der Waals surface area contributed by atoms with Gasteiger partial charge in [-0.25, -0.2) is 0 Å². The maximum absolute atomic E-state index is 14.7. The van der Waals surface area contributed by atoms with Gasteiger partial charge in [-0.2, -0.15) is 0 Å². The summed E-state index contributed by atoms with van der Waals surface area (Å²) >= 11 is -1.73. The van der Waals surface area contributed by atoms with Crippen LogP contribution in [0.3, 0.4) is 0 Å². The summed E-state index contributed by atoms with van der Waals surface area (Å²) in [5, 5.41) is 18.6. The van der Waals surface area contributed by atoms with Crippen LogP contribution in [-0.4, -0.2) is 32.1 Å². The first kappa shape index (κ1) is 19.7. The second-order valence-electron chi connectivity index (χ2n) is 5.22. The fourth-order valence-corrected chi connectivity index (χ4v) is 5.52. The van der Waals surface area contributed by atoms with Crippen LogP contribution in [0.4, 0.5) is 13.2 Å². The van der Waals surface area contributed by atoms with Crippen molar-refractivity contribution in [2.24, 2.45) is 0 Å². The molecule has 2 N–H and O–H groups in total. The van der Waals surface area contributed by atoms with Crippen molar-refractivity contribution in [3.8, 4) is 11.1 Å². The molecule has 0 saturated heterocycles. The predicted molar refractivity (Wildman–Crippen MR) is 87.0 cm³/mol. The number of carboxylic acids is 2. The van der Waals surface area contributed by atoms with E-state index in [0.29, 0.717) is 0 Å². The van der Waals surface area contributed by atoms with Gasteiger partial charge in [0.2, 0.25) is 0 Å². The molecule has 2 heterocycles. The van der Waals surface area contributed by atoms with Gasteiger partial charge in [-0.15, -0.1) is 0 Å². The van der Waals surface area contributed by atoms with Gasteiger partial charge < -0.3 is 0 Å². The van der Waals surface area contributed by atoms with Gasteiger partial charge in [-0.05, 0) is 0 Å². The molecule has 28 heavy (non-hydrogen) atoms. The number of rotatable bonds is 5. The third kappa shape index (κ3) is 3.64. The van der Waals surface area contributed by atoms with Crippen LogP contribution in [0.15, 0.2) is 42.7 Å². The summed E-state index contributed by atoms with van der Waals surface area (Å²) in [6.45, 7) is 0. The minimum atomic E-state index is -1.75. The number of halogens is 3. The van der Waals surface area contributed by atoms with Crippen molar-refractivity contribution in [1.82, 2.24) is 9.97 Å². The molecule has 6 nitrogen and oxygen atoms in total. The van der Waals surface area contributed by atoms with Crippen LogP contribution in [-0.2, 0) is 17.7 Å². The third-order valence-electron chi connectivity index (χ3n) is 3.50. The predicted octanol–water partition coefficient (Wildman–Crippen LogP) is 1.99. The van der Waals surface area contributed by atoms with Crippen molar-refractivity contribution in [3.05, 3.63) is 71.6 Å². The zero-order chi connectivity index (χ0) is 20.4. The van der Waals surface area contributed by atoms with Gasteiger partial charge in [-0.3, -0.25) is 0 Å². The van der Waals surface area contributed by atoms with E-state index in [2.05, 4.69) is 9.97 Å². The molecule has 0 bridgehead atoms. The molecule has 0 saturated carbocycles. The molecule has 0 radical (unpaired) electrons. The normalized spacial score (nSPS) is 10.8. The molecule has 144 valence electrons. The zero-order valence-corrected chi connectivity index (χ0v) is 16.0. The summed E-state index contributed by atoms with van der Waals surface area (Å²) in [5.41, 5.74) is -1.51. The number of hydrogen-bond donors (Lipinski definition) is 2. The number of aromatic nitrogens is 2. The molecule has 0 spiro atoms. The van der Waals surface area contributed by atoms with Gasteiger partial charge in [0, 0.05) is 0 Å². The van der Waals surface area contributed by atoms with Gasteiger partial charge in [0.1, 0.15) is 0 Å². The molecule has 2 aromatic heterocycles. The van der Waals surface area contributed by atoms with Gasteiger partial charge in [0.25, 0.3) is 0 Å². The molecule has 10 heteroatoms. The monoisotopic (exact) mass is 567 g/mol.